The van der Waals surface area contributed by atoms with E-state index in [0.29, 0.717) is 11.7 Å². The van der Waals surface area contributed by atoms with Gasteiger partial charge in [-0.05, 0) is 18.9 Å². The number of nitrogens with zero attached hydrogens (tertiary/aromatic N) is 2. The Labute approximate surface area is 84.2 Å². The number of nitrogens with two attached hydrogens (primary N) is 1. The summed E-state index contributed by atoms with van der Waals surface area (Å²) in [4.78, 5) is 8.50. The molecule has 4 nitrogen and oxygen atoms in total. The predicted molar refractivity (Wildman–Crippen MR) is 54.9 cm³/mol. The van der Waals surface area contributed by atoms with Gasteiger partial charge >= 0.3 is 0 Å². The second-order valence-corrected chi connectivity index (χ2v) is 3.74. The van der Waals surface area contributed by atoms with Crippen LogP contribution in [0.3, 0.4) is 0 Å². The quantitative estimate of drug-likeness (QED) is 0.751. The van der Waals surface area contributed by atoms with Gasteiger partial charge in [-0.2, -0.15) is 0 Å². The van der Waals surface area contributed by atoms with Crippen LogP contribution in [0, 0.1) is 6.92 Å². The van der Waals surface area contributed by atoms with Crippen molar-refractivity contribution in [3.8, 4) is 0 Å². The zero-order valence-electron chi connectivity index (χ0n) is 8.86. The summed E-state index contributed by atoms with van der Waals surface area (Å²) in [6.45, 7) is 5.91. The second kappa shape index (κ2) is 4.48. The Morgan fingerprint density at radius 2 is 2.07 bits per heavy atom. The Hall–Kier alpha value is -1.00. The Morgan fingerprint density at radius 1 is 1.43 bits per heavy atom. The van der Waals surface area contributed by atoms with Crippen molar-refractivity contribution in [3.63, 3.8) is 0 Å². The van der Waals surface area contributed by atoms with E-state index in [2.05, 4.69) is 23.8 Å². The lowest BCUT2D eigenvalue weighted by Crippen LogP contribution is -2.19. The van der Waals surface area contributed by atoms with Gasteiger partial charge in [0.05, 0.1) is 12.6 Å². The molecule has 1 rings (SSSR count). The fourth-order valence-corrected chi connectivity index (χ4v) is 1.16. The smallest absolute Gasteiger partial charge is 0.147 e. The van der Waals surface area contributed by atoms with E-state index in [1.54, 1.807) is 0 Å². The summed E-state index contributed by atoms with van der Waals surface area (Å²) in [6, 6.07) is 1.46. The van der Waals surface area contributed by atoms with Crippen LogP contribution in [0.1, 0.15) is 43.0 Å². The molecule has 0 aliphatic carbocycles. The number of hydrogen-bond acceptors (Lipinski definition) is 4. The van der Waals surface area contributed by atoms with Crippen molar-refractivity contribution in [2.45, 2.75) is 32.7 Å². The fourth-order valence-electron chi connectivity index (χ4n) is 1.16. The van der Waals surface area contributed by atoms with Gasteiger partial charge in [0, 0.05) is 11.4 Å². The molecule has 4 heteroatoms. The molecular formula is C10H17N3O. The molecule has 78 valence electrons. The lowest BCUT2D eigenvalue weighted by Gasteiger charge is -2.11. The van der Waals surface area contributed by atoms with Crippen LogP contribution in [-0.4, -0.2) is 21.7 Å². The minimum absolute atomic E-state index is 0.124. The van der Waals surface area contributed by atoms with Crippen LogP contribution in [0.5, 0.6) is 0 Å². The summed E-state index contributed by atoms with van der Waals surface area (Å²) in [5.41, 5.74) is 7.52. The molecule has 1 aromatic rings. The molecule has 0 aliphatic rings. The zero-order valence-corrected chi connectivity index (χ0v) is 8.86. The van der Waals surface area contributed by atoms with Gasteiger partial charge in [0.25, 0.3) is 0 Å². The highest BCUT2D eigenvalue weighted by molar-refractivity contribution is 5.14. The summed E-state index contributed by atoms with van der Waals surface area (Å²) in [5, 5.41) is 8.90. The number of aryl methyl sites for hydroxylation is 1. The van der Waals surface area contributed by atoms with E-state index < -0.39 is 6.04 Å². The average Bonchev–Trinajstić information content (AvgIpc) is 2.15. The molecular weight excluding hydrogens is 178 g/mol. The van der Waals surface area contributed by atoms with Crippen molar-refractivity contribution >= 4 is 0 Å². The minimum atomic E-state index is -0.479. The van der Waals surface area contributed by atoms with Gasteiger partial charge in [0.15, 0.2) is 0 Å². The van der Waals surface area contributed by atoms with Crippen molar-refractivity contribution in [2.75, 3.05) is 6.61 Å². The summed E-state index contributed by atoms with van der Waals surface area (Å²) in [7, 11) is 0. The molecule has 1 aromatic heterocycles. The molecule has 0 aliphatic heterocycles. The van der Waals surface area contributed by atoms with E-state index in [-0.39, 0.29) is 6.61 Å². The minimum Gasteiger partial charge on any atom is -0.394 e. The Morgan fingerprint density at radius 3 is 2.57 bits per heavy atom. The summed E-state index contributed by atoms with van der Waals surface area (Å²) < 4.78 is 0. The summed E-state index contributed by atoms with van der Waals surface area (Å²) in [6.07, 6.45) is 0. The first kappa shape index (κ1) is 11.1. The van der Waals surface area contributed by atoms with E-state index in [1.807, 2.05) is 13.0 Å². The van der Waals surface area contributed by atoms with Crippen molar-refractivity contribution in [1.82, 2.24) is 9.97 Å². The number of aliphatic hydroxyl groups is 1. The topological polar surface area (TPSA) is 72.0 Å². The lowest BCUT2D eigenvalue weighted by molar-refractivity contribution is 0.263. The maximum absolute atomic E-state index is 8.90. The van der Waals surface area contributed by atoms with Gasteiger partial charge < -0.3 is 10.8 Å². The molecule has 0 radical (unpaired) electrons. The molecule has 1 heterocycles. The van der Waals surface area contributed by atoms with Gasteiger partial charge in [-0.15, -0.1) is 0 Å². The van der Waals surface area contributed by atoms with Crippen molar-refractivity contribution < 1.29 is 5.11 Å². The van der Waals surface area contributed by atoms with E-state index in [1.165, 1.54) is 0 Å². The third kappa shape index (κ3) is 2.49. The van der Waals surface area contributed by atoms with Gasteiger partial charge in [-0.3, -0.25) is 0 Å². The Bertz CT molecular complexity index is 312. The SMILES string of the molecule is Cc1cc(C(C)C)nc(C(N)CO)n1. The Kier molecular flexibility index (Phi) is 3.55. The number of aliphatic hydroxyl groups excluding tert-OH is 1. The first-order valence-electron chi connectivity index (χ1n) is 4.76. The van der Waals surface area contributed by atoms with Gasteiger partial charge in [-0.25, -0.2) is 9.97 Å². The molecule has 0 saturated heterocycles. The van der Waals surface area contributed by atoms with E-state index in [0.717, 1.165) is 11.4 Å². The van der Waals surface area contributed by atoms with Crippen LogP contribution in [-0.2, 0) is 0 Å². The third-order valence-corrected chi connectivity index (χ3v) is 2.01. The monoisotopic (exact) mass is 195 g/mol. The van der Waals surface area contributed by atoms with Crippen molar-refractivity contribution in [3.05, 3.63) is 23.3 Å². The molecule has 1 unspecified atom stereocenters. The van der Waals surface area contributed by atoms with E-state index >= 15 is 0 Å². The van der Waals surface area contributed by atoms with Gasteiger partial charge in [-0.1, -0.05) is 13.8 Å². The highest BCUT2D eigenvalue weighted by Gasteiger charge is 2.11. The second-order valence-electron chi connectivity index (χ2n) is 3.74. The van der Waals surface area contributed by atoms with Crippen molar-refractivity contribution in [2.24, 2.45) is 5.73 Å². The first-order chi connectivity index (χ1) is 6.54. The standard InChI is InChI=1S/C10H17N3O/c1-6(2)9-4-7(3)12-10(13-9)8(11)5-14/h4,6,8,14H,5,11H2,1-3H3. The van der Waals surface area contributed by atoms with Gasteiger partial charge in [0.1, 0.15) is 5.82 Å². The van der Waals surface area contributed by atoms with Crippen LogP contribution in [0.4, 0.5) is 0 Å². The summed E-state index contributed by atoms with van der Waals surface area (Å²) in [5.74, 6) is 0.873. The highest BCUT2D eigenvalue weighted by Crippen LogP contribution is 2.14. The predicted octanol–water partition coefficient (Wildman–Crippen LogP) is 0.901. The molecule has 0 amide bonds. The van der Waals surface area contributed by atoms with Crippen LogP contribution in [0.25, 0.3) is 0 Å². The normalized spacial score (nSPS) is 13.3. The Balaban J connectivity index is 3.07. The maximum atomic E-state index is 8.90. The zero-order chi connectivity index (χ0) is 10.7. The van der Waals surface area contributed by atoms with Gasteiger partial charge in [0.2, 0.25) is 0 Å². The molecule has 1 atom stereocenters. The maximum Gasteiger partial charge on any atom is 0.147 e. The largest absolute Gasteiger partial charge is 0.394 e. The van der Waals surface area contributed by atoms with Crippen LogP contribution < -0.4 is 5.73 Å². The molecule has 0 spiro atoms. The van der Waals surface area contributed by atoms with Crippen LogP contribution in [0.2, 0.25) is 0 Å². The molecule has 0 aromatic carbocycles. The van der Waals surface area contributed by atoms with Crippen molar-refractivity contribution in [1.29, 1.82) is 0 Å². The number of aromatic nitrogens is 2. The molecule has 14 heavy (non-hydrogen) atoms. The molecule has 0 saturated carbocycles. The lowest BCUT2D eigenvalue weighted by atomic mass is 10.1. The molecule has 3 N–H and O–H groups in total. The fraction of sp³-hybridized carbons (Fsp3) is 0.600. The number of rotatable bonds is 3. The average molecular weight is 195 g/mol. The highest BCUT2D eigenvalue weighted by atomic mass is 16.3. The molecule has 0 bridgehead atoms. The van der Waals surface area contributed by atoms with Crippen LogP contribution in [0.15, 0.2) is 6.07 Å². The first-order valence-corrected chi connectivity index (χ1v) is 4.76. The molecule has 0 fully saturated rings. The summed E-state index contributed by atoms with van der Waals surface area (Å²) >= 11 is 0. The third-order valence-electron chi connectivity index (χ3n) is 2.01. The van der Waals surface area contributed by atoms with E-state index in [9.17, 15) is 0 Å². The van der Waals surface area contributed by atoms with E-state index in [4.69, 9.17) is 10.8 Å². The number of hydrogen-bond donors (Lipinski definition) is 2. The van der Waals surface area contributed by atoms with Crippen LogP contribution >= 0.6 is 0 Å².